The van der Waals surface area contributed by atoms with E-state index in [0.29, 0.717) is 5.13 Å². The van der Waals surface area contributed by atoms with E-state index in [2.05, 4.69) is 51.5 Å². The predicted octanol–water partition coefficient (Wildman–Crippen LogP) is 5.13. The highest BCUT2D eigenvalue weighted by atomic mass is 32.1. The van der Waals surface area contributed by atoms with Crippen molar-refractivity contribution in [3.05, 3.63) is 70.3 Å². The fourth-order valence-electron chi connectivity index (χ4n) is 2.77. The molecule has 0 saturated heterocycles. The number of pyridine rings is 1. The largest absolute Gasteiger partial charge is 0.302 e. The molecular formula is C21H18N4OS2. The molecule has 3 aromatic heterocycles. The van der Waals surface area contributed by atoms with Gasteiger partial charge in [0.05, 0.1) is 17.8 Å². The van der Waals surface area contributed by atoms with Crippen molar-refractivity contribution in [3.63, 3.8) is 0 Å². The van der Waals surface area contributed by atoms with E-state index in [1.807, 2.05) is 24.4 Å². The van der Waals surface area contributed by atoms with Gasteiger partial charge in [0.25, 0.3) is 0 Å². The maximum absolute atomic E-state index is 12.4. The number of nitrogens with one attached hydrogen (secondary N) is 1. The molecule has 5 nitrogen and oxygen atoms in total. The number of anilines is 1. The number of hydrogen-bond donors (Lipinski definition) is 1. The van der Waals surface area contributed by atoms with Crippen LogP contribution in [0, 0.1) is 13.8 Å². The van der Waals surface area contributed by atoms with E-state index >= 15 is 0 Å². The number of carbonyl (C=O) groups is 1. The summed E-state index contributed by atoms with van der Waals surface area (Å²) >= 11 is 3.00. The summed E-state index contributed by atoms with van der Waals surface area (Å²) in [6.07, 6.45) is 3.72. The maximum atomic E-state index is 12.4. The van der Waals surface area contributed by atoms with Crippen LogP contribution in [0.1, 0.15) is 16.1 Å². The number of aromatic nitrogens is 3. The molecule has 0 radical (unpaired) electrons. The summed E-state index contributed by atoms with van der Waals surface area (Å²) in [5, 5.41) is 6.29. The highest BCUT2D eigenvalue weighted by molar-refractivity contribution is 7.16. The third kappa shape index (κ3) is 4.16. The number of benzene rings is 1. The van der Waals surface area contributed by atoms with Crippen LogP contribution >= 0.6 is 22.7 Å². The quantitative estimate of drug-likeness (QED) is 0.499. The van der Waals surface area contributed by atoms with Crippen LogP contribution in [0.3, 0.4) is 0 Å². The molecule has 0 aliphatic carbocycles. The van der Waals surface area contributed by atoms with E-state index in [9.17, 15) is 4.79 Å². The molecular weight excluding hydrogens is 388 g/mol. The molecule has 140 valence electrons. The Balaban J connectivity index is 1.44. The Morgan fingerprint density at radius 2 is 1.89 bits per heavy atom. The molecule has 0 unspecified atom stereocenters. The molecule has 4 rings (SSSR count). The first-order valence-electron chi connectivity index (χ1n) is 8.77. The lowest BCUT2D eigenvalue weighted by Gasteiger charge is -2.00. The van der Waals surface area contributed by atoms with Crippen molar-refractivity contribution in [1.82, 2.24) is 15.0 Å². The van der Waals surface area contributed by atoms with Gasteiger partial charge < -0.3 is 5.32 Å². The van der Waals surface area contributed by atoms with Gasteiger partial charge in [-0.1, -0.05) is 29.8 Å². The second kappa shape index (κ2) is 8.00. The van der Waals surface area contributed by atoms with Gasteiger partial charge >= 0.3 is 0 Å². The highest BCUT2D eigenvalue weighted by Gasteiger charge is 2.14. The average molecular weight is 407 g/mol. The monoisotopic (exact) mass is 406 g/mol. The van der Waals surface area contributed by atoms with Crippen LogP contribution in [-0.2, 0) is 11.2 Å². The number of nitrogens with zero attached hydrogens (tertiary/aromatic N) is 3. The van der Waals surface area contributed by atoms with Crippen LogP contribution in [0.2, 0.25) is 0 Å². The molecule has 3 heterocycles. The number of carbonyl (C=O) groups excluding carboxylic acids is 1. The first kappa shape index (κ1) is 18.5. The number of hydrogen-bond acceptors (Lipinski definition) is 6. The number of thiazole rings is 2. The van der Waals surface area contributed by atoms with Crippen molar-refractivity contribution >= 4 is 33.7 Å². The van der Waals surface area contributed by atoms with Crippen LogP contribution in [0.5, 0.6) is 0 Å². The zero-order valence-electron chi connectivity index (χ0n) is 15.5. The summed E-state index contributed by atoms with van der Waals surface area (Å²) in [6, 6.07) is 12.1. The minimum absolute atomic E-state index is 0.118. The lowest BCUT2D eigenvalue weighted by atomic mass is 10.1. The topological polar surface area (TPSA) is 67.8 Å². The minimum Gasteiger partial charge on any atom is -0.302 e. The Kier molecular flexibility index (Phi) is 5.27. The zero-order valence-corrected chi connectivity index (χ0v) is 17.1. The van der Waals surface area contributed by atoms with Gasteiger partial charge in [-0.3, -0.25) is 9.78 Å². The van der Waals surface area contributed by atoms with Gasteiger partial charge in [0, 0.05) is 33.8 Å². The molecule has 1 aromatic carbocycles. The summed E-state index contributed by atoms with van der Waals surface area (Å²) in [6.45, 7) is 4.07. The molecule has 0 bridgehead atoms. The second-order valence-electron chi connectivity index (χ2n) is 6.40. The van der Waals surface area contributed by atoms with Crippen molar-refractivity contribution in [1.29, 1.82) is 0 Å². The van der Waals surface area contributed by atoms with Crippen molar-refractivity contribution in [2.45, 2.75) is 20.3 Å². The molecule has 7 heteroatoms. The first-order chi connectivity index (χ1) is 13.6. The Hall–Kier alpha value is -2.90. The molecule has 0 atom stereocenters. The Bertz CT molecular complexity index is 1100. The number of aryl methyl sites for hydroxylation is 2. The predicted molar refractivity (Wildman–Crippen MR) is 115 cm³/mol. The normalized spacial score (nSPS) is 10.8. The summed E-state index contributed by atoms with van der Waals surface area (Å²) in [5.41, 5.74) is 4.87. The Morgan fingerprint density at radius 1 is 1.07 bits per heavy atom. The minimum atomic E-state index is -0.118. The van der Waals surface area contributed by atoms with E-state index in [1.54, 1.807) is 12.4 Å². The molecule has 0 aliphatic heterocycles. The zero-order chi connectivity index (χ0) is 19.5. The van der Waals surface area contributed by atoms with E-state index in [-0.39, 0.29) is 12.3 Å². The van der Waals surface area contributed by atoms with Gasteiger partial charge in [-0.2, -0.15) is 0 Å². The van der Waals surface area contributed by atoms with E-state index in [0.717, 1.165) is 32.4 Å². The Labute approximate surface area is 171 Å². The van der Waals surface area contributed by atoms with E-state index < -0.39 is 0 Å². The van der Waals surface area contributed by atoms with Gasteiger partial charge in [-0.15, -0.1) is 22.7 Å². The summed E-state index contributed by atoms with van der Waals surface area (Å²) in [4.78, 5) is 26.8. The summed E-state index contributed by atoms with van der Waals surface area (Å²) in [5.74, 6) is -0.118. The average Bonchev–Trinajstić information content (AvgIpc) is 3.30. The van der Waals surface area contributed by atoms with Crippen LogP contribution in [0.25, 0.3) is 21.8 Å². The van der Waals surface area contributed by atoms with Gasteiger partial charge in [0.15, 0.2) is 5.13 Å². The maximum Gasteiger partial charge on any atom is 0.232 e. The molecule has 1 N–H and O–H groups in total. The van der Waals surface area contributed by atoms with Crippen molar-refractivity contribution in [3.8, 4) is 21.8 Å². The third-order valence-electron chi connectivity index (χ3n) is 4.17. The second-order valence-corrected chi connectivity index (χ2v) is 8.46. The van der Waals surface area contributed by atoms with Gasteiger partial charge in [0.2, 0.25) is 5.91 Å². The van der Waals surface area contributed by atoms with Crippen LogP contribution in [-0.4, -0.2) is 20.9 Å². The number of rotatable bonds is 5. The molecule has 28 heavy (non-hydrogen) atoms. The first-order valence-corrected chi connectivity index (χ1v) is 10.5. The fourth-order valence-corrected chi connectivity index (χ4v) is 4.43. The molecule has 0 aliphatic rings. The van der Waals surface area contributed by atoms with Gasteiger partial charge in [0.1, 0.15) is 5.01 Å². The van der Waals surface area contributed by atoms with Crippen LogP contribution in [0.4, 0.5) is 5.13 Å². The van der Waals surface area contributed by atoms with Crippen LogP contribution < -0.4 is 5.32 Å². The summed E-state index contributed by atoms with van der Waals surface area (Å²) in [7, 11) is 0. The Morgan fingerprint density at radius 3 is 2.64 bits per heavy atom. The molecule has 0 spiro atoms. The number of amides is 1. The molecule has 4 aromatic rings. The lowest BCUT2D eigenvalue weighted by molar-refractivity contribution is -0.115. The van der Waals surface area contributed by atoms with E-state index in [4.69, 9.17) is 0 Å². The molecule has 0 saturated carbocycles. The smallest absolute Gasteiger partial charge is 0.232 e. The fraction of sp³-hybridized carbons (Fsp3) is 0.143. The standard InChI is InChI=1S/C21H18N4OS2/c1-13-5-7-15(8-6-13)19-14(2)28-21(25-19)24-18(26)10-17-12-27-20(23-17)16-4-3-9-22-11-16/h3-9,11-12H,10H2,1-2H3,(H,24,25,26). The lowest BCUT2D eigenvalue weighted by Crippen LogP contribution is -2.14. The van der Waals surface area contributed by atoms with Crippen molar-refractivity contribution in [2.24, 2.45) is 0 Å². The highest BCUT2D eigenvalue weighted by Crippen LogP contribution is 2.30. The van der Waals surface area contributed by atoms with E-state index in [1.165, 1.54) is 28.2 Å². The van der Waals surface area contributed by atoms with Crippen LogP contribution in [0.15, 0.2) is 54.2 Å². The molecule has 0 fully saturated rings. The van der Waals surface area contributed by atoms with Crippen molar-refractivity contribution < 1.29 is 4.79 Å². The van der Waals surface area contributed by atoms with Crippen molar-refractivity contribution in [2.75, 3.05) is 5.32 Å². The summed E-state index contributed by atoms with van der Waals surface area (Å²) < 4.78 is 0. The van der Waals surface area contributed by atoms with Gasteiger partial charge in [-0.25, -0.2) is 9.97 Å². The third-order valence-corrected chi connectivity index (χ3v) is 6.00. The van der Waals surface area contributed by atoms with Gasteiger partial charge in [-0.05, 0) is 26.0 Å². The molecule has 1 amide bonds. The SMILES string of the molecule is Cc1ccc(-c2nc(NC(=O)Cc3csc(-c4cccnc4)n3)sc2C)cc1.